The SMILES string of the molecule is c1nc(CNCCCC2CCCCC2)cs1. The van der Waals surface area contributed by atoms with Crippen LogP contribution in [0.3, 0.4) is 0 Å². The lowest BCUT2D eigenvalue weighted by atomic mass is 9.86. The van der Waals surface area contributed by atoms with Crippen LogP contribution in [0, 0.1) is 5.92 Å². The molecule has 1 fully saturated rings. The van der Waals surface area contributed by atoms with Gasteiger partial charge in [-0.25, -0.2) is 4.98 Å². The molecule has 0 radical (unpaired) electrons. The molecule has 2 nitrogen and oxygen atoms in total. The lowest BCUT2D eigenvalue weighted by Gasteiger charge is -2.21. The standard InChI is InChI=1S/C13H22N2S/c1-2-5-12(6-3-1)7-4-8-14-9-13-10-16-11-15-13/h10-12,14H,1-9H2. The first-order valence-corrected chi connectivity index (χ1v) is 7.47. The molecule has 1 N–H and O–H groups in total. The van der Waals surface area contributed by atoms with E-state index >= 15 is 0 Å². The van der Waals surface area contributed by atoms with Crippen molar-refractivity contribution in [2.45, 2.75) is 51.5 Å². The van der Waals surface area contributed by atoms with Gasteiger partial charge in [0, 0.05) is 11.9 Å². The maximum absolute atomic E-state index is 4.26. The second-order valence-electron chi connectivity index (χ2n) is 4.80. The third-order valence-electron chi connectivity index (χ3n) is 3.48. The molecule has 0 saturated heterocycles. The predicted octanol–water partition coefficient (Wildman–Crippen LogP) is 3.59. The van der Waals surface area contributed by atoms with Crippen LogP contribution in [0.4, 0.5) is 0 Å². The summed E-state index contributed by atoms with van der Waals surface area (Å²) < 4.78 is 0. The van der Waals surface area contributed by atoms with Crippen LogP contribution in [-0.4, -0.2) is 11.5 Å². The van der Waals surface area contributed by atoms with Crippen LogP contribution in [0.1, 0.15) is 50.6 Å². The first-order valence-electron chi connectivity index (χ1n) is 6.53. The van der Waals surface area contributed by atoms with E-state index in [0.717, 1.165) is 19.0 Å². The van der Waals surface area contributed by atoms with Crippen LogP contribution in [0.15, 0.2) is 10.9 Å². The molecule has 16 heavy (non-hydrogen) atoms. The van der Waals surface area contributed by atoms with Crippen LogP contribution < -0.4 is 5.32 Å². The fourth-order valence-corrected chi connectivity index (χ4v) is 3.09. The molecule has 0 aliphatic heterocycles. The number of hydrogen-bond donors (Lipinski definition) is 1. The summed E-state index contributed by atoms with van der Waals surface area (Å²) in [6, 6.07) is 0. The normalized spacial score (nSPS) is 17.8. The Balaban J connectivity index is 1.48. The molecule has 1 aromatic heterocycles. The Morgan fingerprint density at radius 2 is 2.19 bits per heavy atom. The maximum atomic E-state index is 4.26. The third kappa shape index (κ3) is 4.22. The number of thiazole rings is 1. The molecule has 1 aliphatic carbocycles. The van der Waals surface area contributed by atoms with Crippen molar-refractivity contribution in [1.29, 1.82) is 0 Å². The fraction of sp³-hybridized carbons (Fsp3) is 0.769. The van der Waals surface area contributed by atoms with E-state index in [9.17, 15) is 0 Å². The van der Waals surface area contributed by atoms with Crippen LogP contribution in [0.25, 0.3) is 0 Å². The fourth-order valence-electron chi connectivity index (χ4n) is 2.53. The minimum absolute atomic E-state index is 0.939. The largest absolute Gasteiger partial charge is 0.311 e. The highest BCUT2D eigenvalue weighted by Crippen LogP contribution is 2.26. The van der Waals surface area contributed by atoms with Crippen LogP contribution in [0.2, 0.25) is 0 Å². The second-order valence-corrected chi connectivity index (χ2v) is 5.52. The Bertz CT molecular complexity index is 265. The predicted molar refractivity (Wildman–Crippen MR) is 69.6 cm³/mol. The molecule has 0 unspecified atom stereocenters. The summed E-state index contributed by atoms with van der Waals surface area (Å²) in [5, 5.41) is 5.59. The van der Waals surface area contributed by atoms with Crippen molar-refractivity contribution in [3.8, 4) is 0 Å². The first-order chi connectivity index (χ1) is 7.95. The van der Waals surface area contributed by atoms with Gasteiger partial charge in [0.2, 0.25) is 0 Å². The van der Waals surface area contributed by atoms with Gasteiger partial charge in [0.05, 0.1) is 11.2 Å². The van der Waals surface area contributed by atoms with Gasteiger partial charge in [-0.2, -0.15) is 0 Å². The van der Waals surface area contributed by atoms with Gasteiger partial charge in [-0.05, 0) is 25.3 Å². The Hall–Kier alpha value is -0.410. The summed E-state index contributed by atoms with van der Waals surface area (Å²) in [5.74, 6) is 1.02. The highest BCUT2D eigenvalue weighted by atomic mass is 32.1. The van der Waals surface area contributed by atoms with Gasteiger partial charge in [-0.15, -0.1) is 11.3 Å². The van der Waals surface area contributed by atoms with Gasteiger partial charge in [0.1, 0.15) is 0 Å². The van der Waals surface area contributed by atoms with E-state index in [1.807, 2.05) is 5.51 Å². The number of hydrogen-bond acceptors (Lipinski definition) is 3. The summed E-state index contributed by atoms with van der Waals surface area (Å²) in [5.41, 5.74) is 3.08. The van der Waals surface area contributed by atoms with E-state index < -0.39 is 0 Å². The average molecular weight is 238 g/mol. The van der Waals surface area contributed by atoms with Crippen molar-refractivity contribution in [1.82, 2.24) is 10.3 Å². The topological polar surface area (TPSA) is 24.9 Å². The minimum atomic E-state index is 0.939. The zero-order valence-corrected chi connectivity index (χ0v) is 10.8. The minimum Gasteiger partial charge on any atom is -0.311 e. The number of nitrogens with zero attached hydrogens (tertiary/aromatic N) is 1. The molecule has 0 spiro atoms. The summed E-state index contributed by atoms with van der Waals surface area (Å²) in [6.45, 7) is 2.09. The summed E-state index contributed by atoms with van der Waals surface area (Å²) >= 11 is 1.67. The maximum Gasteiger partial charge on any atom is 0.0795 e. The highest BCUT2D eigenvalue weighted by molar-refractivity contribution is 7.07. The van der Waals surface area contributed by atoms with E-state index in [1.165, 1.54) is 50.6 Å². The van der Waals surface area contributed by atoms with Gasteiger partial charge in [0.25, 0.3) is 0 Å². The van der Waals surface area contributed by atoms with Gasteiger partial charge >= 0.3 is 0 Å². The van der Waals surface area contributed by atoms with Crippen molar-refractivity contribution in [2.75, 3.05) is 6.54 Å². The molecule has 0 amide bonds. The highest BCUT2D eigenvalue weighted by Gasteiger charge is 2.12. The third-order valence-corrected chi connectivity index (χ3v) is 4.12. The molecule has 0 atom stereocenters. The van der Waals surface area contributed by atoms with E-state index in [0.29, 0.717) is 0 Å². The molecule has 1 aliphatic rings. The quantitative estimate of drug-likeness (QED) is 0.766. The van der Waals surface area contributed by atoms with Crippen LogP contribution in [0.5, 0.6) is 0 Å². The number of nitrogens with one attached hydrogen (secondary N) is 1. The summed E-state index contributed by atoms with van der Waals surface area (Å²) in [4.78, 5) is 4.26. The monoisotopic (exact) mass is 238 g/mol. The second kappa shape index (κ2) is 7.02. The molecule has 90 valence electrons. The molecule has 1 heterocycles. The van der Waals surface area contributed by atoms with Gasteiger partial charge in [0.15, 0.2) is 0 Å². The summed E-state index contributed by atoms with van der Waals surface area (Å²) in [6.07, 6.45) is 10.1. The first kappa shape index (κ1) is 12.1. The van der Waals surface area contributed by atoms with Crippen LogP contribution >= 0.6 is 11.3 Å². The van der Waals surface area contributed by atoms with Crippen molar-refractivity contribution in [3.63, 3.8) is 0 Å². The lowest BCUT2D eigenvalue weighted by Crippen LogP contribution is -2.16. The number of aromatic nitrogens is 1. The van der Waals surface area contributed by atoms with Gasteiger partial charge in [-0.1, -0.05) is 32.1 Å². The van der Waals surface area contributed by atoms with Crippen molar-refractivity contribution >= 4 is 11.3 Å². The zero-order valence-electron chi connectivity index (χ0n) is 9.95. The van der Waals surface area contributed by atoms with Crippen molar-refractivity contribution in [2.24, 2.45) is 5.92 Å². The molecule has 0 bridgehead atoms. The lowest BCUT2D eigenvalue weighted by molar-refractivity contribution is 0.330. The Morgan fingerprint density at radius 3 is 2.94 bits per heavy atom. The summed E-state index contributed by atoms with van der Waals surface area (Å²) in [7, 11) is 0. The molecule has 3 heteroatoms. The van der Waals surface area contributed by atoms with Gasteiger partial charge in [-0.3, -0.25) is 0 Å². The Morgan fingerprint density at radius 1 is 1.31 bits per heavy atom. The Labute approximate surface area is 102 Å². The molecule has 2 rings (SSSR count). The number of rotatable bonds is 6. The zero-order chi connectivity index (χ0) is 11.1. The van der Waals surface area contributed by atoms with Crippen LogP contribution in [-0.2, 0) is 6.54 Å². The van der Waals surface area contributed by atoms with Gasteiger partial charge < -0.3 is 5.32 Å². The van der Waals surface area contributed by atoms with Crippen molar-refractivity contribution < 1.29 is 0 Å². The average Bonchev–Trinajstić information content (AvgIpc) is 2.83. The van der Waals surface area contributed by atoms with E-state index in [4.69, 9.17) is 0 Å². The molecule has 1 saturated carbocycles. The van der Waals surface area contributed by atoms with E-state index in [-0.39, 0.29) is 0 Å². The molecular formula is C13H22N2S. The van der Waals surface area contributed by atoms with E-state index in [2.05, 4.69) is 15.7 Å². The molecule has 0 aromatic carbocycles. The molecular weight excluding hydrogens is 216 g/mol. The molecule has 1 aromatic rings. The Kier molecular flexibility index (Phi) is 5.29. The van der Waals surface area contributed by atoms with E-state index in [1.54, 1.807) is 11.3 Å². The smallest absolute Gasteiger partial charge is 0.0795 e. The van der Waals surface area contributed by atoms with Crippen molar-refractivity contribution in [3.05, 3.63) is 16.6 Å².